The van der Waals surface area contributed by atoms with Crippen LogP contribution >= 0.6 is 0 Å². The molecular weight excluding hydrogens is 329 g/mol. The van der Waals surface area contributed by atoms with Gasteiger partial charge in [-0.25, -0.2) is 4.79 Å². The lowest BCUT2D eigenvalue weighted by atomic mass is 10.1. The number of hydrogen-bond donors (Lipinski definition) is 1. The molecule has 2 aromatic rings. The zero-order valence-electron chi connectivity index (χ0n) is 13.6. The summed E-state index contributed by atoms with van der Waals surface area (Å²) in [5, 5.41) is 2.65. The highest BCUT2D eigenvalue weighted by molar-refractivity contribution is 5.74. The standard InChI is InChI=1S/C19H19F3N2O/c1-2-11-24(14-15-7-4-3-5-8-15)18(25)23-13-16-9-6-10-17(12-16)19(20,21)22/h2-10,12H,1,11,13-14H2,(H,23,25). The highest BCUT2D eigenvalue weighted by Crippen LogP contribution is 2.29. The van der Waals surface area contributed by atoms with Gasteiger partial charge in [0.05, 0.1) is 5.56 Å². The lowest BCUT2D eigenvalue weighted by molar-refractivity contribution is -0.137. The molecule has 0 aliphatic carbocycles. The molecule has 0 saturated carbocycles. The number of hydrogen-bond acceptors (Lipinski definition) is 1. The maximum absolute atomic E-state index is 12.7. The lowest BCUT2D eigenvalue weighted by Crippen LogP contribution is -2.39. The van der Waals surface area contributed by atoms with Gasteiger partial charge in [-0.15, -0.1) is 6.58 Å². The molecule has 25 heavy (non-hydrogen) atoms. The first kappa shape index (κ1) is 18.6. The van der Waals surface area contributed by atoms with E-state index in [1.54, 1.807) is 12.1 Å². The van der Waals surface area contributed by atoms with E-state index >= 15 is 0 Å². The molecule has 132 valence electrons. The minimum atomic E-state index is -4.40. The summed E-state index contributed by atoms with van der Waals surface area (Å²) < 4.78 is 38.2. The predicted molar refractivity (Wildman–Crippen MR) is 90.7 cm³/mol. The fourth-order valence-corrected chi connectivity index (χ4v) is 2.33. The van der Waals surface area contributed by atoms with E-state index in [0.29, 0.717) is 18.7 Å². The molecule has 0 bridgehead atoms. The predicted octanol–water partition coefficient (Wildman–Crippen LogP) is 4.60. The molecule has 0 fully saturated rings. The molecule has 6 heteroatoms. The highest BCUT2D eigenvalue weighted by Gasteiger charge is 2.30. The van der Waals surface area contributed by atoms with Gasteiger partial charge in [0.1, 0.15) is 0 Å². The second-order valence-electron chi connectivity index (χ2n) is 5.51. The fourth-order valence-electron chi connectivity index (χ4n) is 2.33. The van der Waals surface area contributed by atoms with Gasteiger partial charge in [0, 0.05) is 19.6 Å². The van der Waals surface area contributed by atoms with Crippen molar-refractivity contribution in [3.8, 4) is 0 Å². The Balaban J connectivity index is 2.00. The summed E-state index contributed by atoms with van der Waals surface area (Å²) in [5.74, 6) is 0. The van der Waals surface area contributed by atoms with Crippen LogP contribution in [-0.2, 0) is 19.3 Å². The summed E-state index contributed by atoms with van der Waals surface area (Å²) in [6.07, 6.45) is -2.80. The van der Waals surface area contributed by atoms with Crippen LogP contribution < -0.4 is 5.32 Å². The van der Waals surface area contributed by atoms with Gasteiger partial charge in [-0.3, -0.25) is 0 Å². The van der Waals surface area contributed by atoms with Crippen LogP contribution in [0.4, 0.5) is 18.0 Å². The Morgan fingerprint density at radius 1 is 1.08 bits per heavy atom. The van der Waals surface area contributed by atoms with Crippen molar-refractivity contribution in [1.82, 2.24) is 10.2 Å². The van der Waals surface area contributed by atoms with Crippen molar-refractivity contribution >= 4 is 6.03 Å². The van der Waals surface area contributed by atoms with Gasteiger partial charge in [0.2, 0.25) is 0 Å². The smallest absolute Gasteiger partial charge is 0.334 e. The second-order valence-corrected chi connectivity index (χ2v) is 5.51. The van der Waals surface area contributed by atoms with Crippen LogP contribution in [0.3, 0.4) is 0 Å². The van der Waals surface area contributed by atoms with E-state index in [1.165, 1.54) is 11.0 Å². The van der Waals surface area contributed by atoms with Crippen molar-refractivity contribution in [3.05, 3.63) is 83.9 Å². The normalized spacial score (nSPS) is 11.0. The van der Waals surface area contributed by atoms with Gasteiger partial charge in [-0.2, -0.15) is 13.2 Å². The number of alkyl halides is 3. The summed E-state index contributed by atoms with van der Waals surface area (Å²) >= 11 is 0. The minimum absolute atomic E-state index is 0.0190. The van der Waals surface area contributed by atoms with Crippen molar-refractivity contribution in [2.75, 3.05) is 6.54 Å². The fraction of sp³-hybridized carbons (Fsp3) is 0.211. The SMILES string of the molecule is C=CCN(Cc1ccccc1)C(=O)NCc1cccc(C(F)(F)F)c1. The van der Waals surface area contributed by atoms with Crippen LogP contribution in [0, 0.1) is 0 Å². The molecule has 0 aliphatic rings. The summed E-state index contributed by atoms with van der Waals surface area (Å²) in [7, 11) is 0. The first-order valence-electron chi connectivity index (χ1n) is 7.74. The third-order valence-electron chi connectivity index (χ3n) is 3.55. The first-order chi connectivity index (χ1) is 11.9. The number of nitrogens with one attached hydrogen (secondary N) is 1. The number of benzene rings is 2. The van der Waals surface area contributed by atoms with Crippen molar-refractivity contribution in [1.29, 1.82) is 0 Å². The molecule has 0 unspecified atom stereocenters. The largest absolute Gasteiger partial charge is 0.416 e. The molecule has 0 spiro atoms. The first-order valence-corrected chi connectivity index (χ1v) is 7.74. The van der Waals surface area contributed by atoms with Gasteiger partial charge in [-0.05, 0) is 23.3 Å². The summed E-state index contributed by atoms with van der Waals surface area (Å²) in [4.78, 5) is 13.9. The molecular formula is C19H19F3N2O. The molecule has 1 N–H and O–H groups in total. The number of amides is 2. The number of carbonyl (C=O) groups is 1. The molecule has 2 amide bonds. The van der Waals surface area contributed by atoms with Crippen LogP contribution in [0.15, 0.2) is 67.3 Å². The van der Waals surface area contributed by atoms with E-state index in [9.17, 15) is 18.0 Å². The molecule has 0 atom stereocenters. The van der Waals surface area contributed by atoms with Crippen molar-refractivity contribution in [2.24, 2.45) is 0 Å². The Kier molecular flexibility index (Phi) is 6.22. The molecule has 2 aromatic carbocycles. The lowest BCUT2D eigenvalue weighted by Gasteiger charge is -2.22. The maximum atomic E-state index is 12.7. The monoisotopic (exact) mass is 348 g/mol. The van der Waals surface area contributed by atoms with Crippen LogP contribution in [0.1, 0.15) is 16.7 Å². The zero-order valence-corrected chi connectivity index (χ0v) is 13.6. The van der Waals surface area contributed by atoms with Crippen LogP contribution in [0.5, 0.6) is 0 Å². The second kappa shape index (κ2) is 8.37. The molecule has 2 rings (SSSR count). The van der Waals surface area contributed by atoms with Gasteiger partial charge >= 0.3 is 12.2 Å². The van der Waals surface area contributed by atoms with Crippen molar-refractivity contribution in [3.63, 3.8) is 0 Å². The van der Waals surface area contributed by atoms with E-state index in [1.807, 2.05) is 30.3 Å². The minimum Gasteiger partial charge on any atom is -0.334 e. The van der Waals surface area contributed by atoms with Crippen LogP contribution in [0.25, 0.3) is 0 Å². The number of halogens is 3. The number of carbonyl (C=O) groups excluding carboxylic acids is 1. The van der Waals surface area contributed by atoms with Crippen molar-refractivity contribution in [2.45, 2.75) is 19.3 Å². The van der Waals surface area contributed by atoms with Crippen LogP contribution in [0.2, 0.25) is 0 Å². The van der Waals surface area contributed by atoms with Gasteiger partial charge in [0.15, 0.2) is 0 Å². The molecule has 3 nitrogen and oxygen atoms in total. The maximum Gasteiger partial charge on any atom is 0.416 e. The molecule has 0 saturated heterocycles. The average molecular weight is 348 g/mol. The third kappa shape index (κ3) is 5.67. The Labute approximate surface area is 144 Å². The number of nitrogens with zero attached hydrogens (tertiary/aromatic N) is 1. The van der Waals surface area contributed by atoms with E-state index in [0.717, 1.165) is 17.7 Å². The van der Waals surface area contributed by atoms with Gasteiger partial charge < -0.3 is 10.2 Å². The topological polar surface area (TPSA) is 32.3 Å². The Hall–Kier alpha value is -2.76. The summed E-state index contributed by atoms with van der Waals surface area (Å²) in [6, 6.07) is 14.0. The highest BCUT2D eigenvalue weighted by atomic mass is 19.4. The van der Waals surface area contributed by atoms with E-state index in [2.05, 4.69) is 11.9 Å². The molecule has 0 heterocycles. The molecule has 0 aliphatic heterocycles. The third-order valence-corrected chi connectivity index (χ3v) is 3.55. The number of rotatable bonds is 6. The zero-order chi connectivity index (χ0) is 18.3. The van der Waals surface area contributed by atoms with Crippen LogP contribution in [-0.4, -0.2) is 17.5 Å². The van der Waals surface area contributed by atoms with Gasteiger partial charge in [0.25, 0.3) is 0 Å². The van der Waals surface area contributed by atoms with E-state index in [4.69, 9.17) is 0 Å². The summed E-state index contributed by atoms with van der Waals surface area (Å²) in [5.41, 5.74) is 0.617. The van der Waals surface area contributed by atoms with E-state index < -0.39 is 11.7 Å². The quantitative estimate of drug-likeness (QED) is 0.760. The Bertz CT molecular complexity index is 714. The van der Waals surface area contributed by atoms with Crippen molar-refractivity contribution < 1.29 is 18.0 Å². The Morgan fingerprint density at radius 3 is 2.40 bits per heavy atom. The molecule has 0 aromatic heterocycles. The van der Waals surface area contributed by atoms with Gasteiger partial charge in [-0.1, -0.05) is 48.5 Å². The molecule has 0 radical (unpaired) electrons. The van der Waals surface area contributed by atoms with E-state index in [-0.39, 0.29) is 12.6 Å². The number of urea groups is 1. The summed E-state index contributed by atoms with van der Waals surface area (Å²) in [6.45, 7) is 4.38. The Morgan fingerprint density at radius 2 is 1.76 bits per heavy atom. The average Bonchev–Trinajstić information content (AvgIpc) is 2.60.